The smallest absolute Gasteiger partial charge is 0.248 e. The predicted molar refractivity (Wildman–Crippen MR) is 124 cm³/mol. The monoisotopic (exact) mass is 483 g/mol. The summed E-state index contributed by atoms with van der Waals surface area (Å²) in [5.74, 6) is 0.286. The fraction of sp³-hybridized carbons (Fsp3) is 0.667. The fourth-order valence-corrected chi connectivity index (χ4v) is 5.09. The normalized spacial score (nSPS) is 27.7. The lowest BCUT2D eigenvalue weighted by Crippen LogP contribution is -2.55. The Balaban J connectivity index is 1.40. The summed E-state index contributed by atoms with van der Waals surface area (Å²) >= 11 is 0. The highest BCUT2D eigenvalue weighted by atomic mass is 16.5. The molecule has 2 aromatic heterocycles. The third-order valence-electron chi connectivity index (χ3n) is 7.09. The number of amides is 2. The maximum Gasteiger partial charge on any atom is 0.248 e. The molecule has 1 aliphatic carbocycles. The average Bonchev–Trinajstić information content (AvgIpc) is 3.19. The molecule has 11 nitrogen and oxygen atoms in total. The number of aromatic nitrogens is 5. The van der Waals surface area contributed by atoms with Crippen molar-refractivity contribution in [2.45, 2.75) is 76.1 Å². The van der Waals surface area contributed by atoms with Crippen LogP contribution in [-0.2, 0) is 19.9 Å². The quantitative estimate of drug-likeness (QED) is 0.619. The van der Waals surface area contributed by atoms with Gasteiger partial charge in [-0.25, -0.2) is 14.6 Å². The van der Waals surface area contributed by atoms with Crippen molar-refractivity contribution in [2.24, 2.45) is 5.41 Å². The first-order valence-corrected chi connectivity index (χ1v) is 12.3. The van der Waals surface area contributed by atoms with Crippen LogP contribution in [0.1, 0.15) is 69.9 Å². The van der Waals surface area contributed by atoms with Gasteiger partial charge < -0.3 is 20.1 Å². The first-order chi connectivity index (χ1) is 16.7. The second-order valence-corrected chi connectivity index (χ2v) is 11.0. The molecule has 1 unspecified atom stereocenters. The lowest BCUT2D eigenvalue weighted by Gasteiger charge is -2.35. The third-order valence-corrected chi connectivity index (χ3v) is 7.09. The van der Waals surface area contributed by atoms with E-state index < -0.39 is 29.1 Å². The minimum atomic E-state index is -0.866. The van der Waals surface area contributed by atoms with Crippen LogP contribution >= 0.6 is 0 Å². The minimum Gasteiger partial charge on any atom is -0.391 e. The molecule has 3 fully saturated rings. The summed E-state index contributed by atoms with van der Waals surface area (Å²) in [5.41, 5.74) is -0.456. The van der Waals surface area contributed by atoms with E-state index in [1.807, 2.05) is 27.0 Å². The lowest BCUT2D eigenvalue weighted by atomic mass is 9.85. The maximum absolute atomic E-state index is 13.9. The van der Waals surface area contributed by atoms with Crippen molar-refractivity contribution >= 4 is 11.8 Å². The van der Waals surface area contributed by atoms with Crippen LogP contribution in [0.5, 0.6) is 0 Å². The summed E-state index contributed by atoms with van der Waals surface area (Å²) in [6.07, 6.45) is 7.18. The van der Waals surface area contributed by atoms with Crippen molar-refractivity contribution in [3.63, 3.8) is 0 Å². The van der Waals surface area contributed by atoms with Gasteiger partial charge in [-0.05, 0) is 24.3 Å². The molecular weight excluding hydrogens is 450 g/mol. The van der Waals surface area contributed by atoms with E-state index in [1.54, 1.807) is 23.1 Å². The number of aliphatic hydroxyl groups is 1. The molecule has 35 heavy (non-hydrogen) atoms. The molecule has 0 aromatic carbocycles. The molecule has 0 bridgehead atoms. The molecule has 188 valence electrons. The van der Waals surface area contributed by atoms with Crippen LogP contribution in [0.2, 0.25) is 0 Å². The molecule has 2 aliphatic heterocycles. The predicted octanol–water partition coefficient (Wildman–Crippen LogP) is 0.927. The van der Waals surface area contributed by atoms with E-state index in [0.29, 0.717) is 24.8 Å². The van der Waals surface area contributed by atoms with Gasteiger partial charge in [-0.2, -0.15) is 0 Å². The molecule has 2 aromatic rings. The van der Waals surface area contributed by atoms with Crippen LogP contribution in [-0.4, -0.2) is 78.7 Å². The number of nitrogens with zero attached hydrogens (tertiary/aromatic N) is 6. The molecule has 4 heterocycles. The number of β-amino-alcohol motifs (C(OH)–C–C–N with tert-alkyl or cyclic N) is 1. The van der Waals surface area contributed by atoms with Crippen LogP contribution in [0.15, 0.2) is 24.7 Å². The van der Waals surface area contributed by atoms with Gasteiger partial charge in [-0.1, -0.05) is 26.0 Å². The Morgan fingerprint density at radius 2 is 2.00 bits per heavy atom. The van der Waals surface area contributed by atoms with Gasteiger partial charge in [0.2, 0.25) is 11.8 Å². The molecule has 0 radical (unpaired) electrons. The molecule has 2 saturated heterocycles. The van der Waals surface area contributed by atoms with E-state index in [9.17, 15) is 14.7 Å². The van der Waals surface area contributed by atoms with E-state index in [0.717, 1.165) is 18.5 Å². The summed E-state index contributed by atoms with van der Waals surface area (Å²) in [6.45, 7) is 6.70. The number of likely N-dealkylation sites (tertiary alicyclic amines) is 1. The van der Waals surface area contributed by atoms with E-state index in [2.05, 4.69) is 25.6 Å². The Hall–Kier alpha value is -2.92. The lowest BCUT2D eigenvalue weighted by molar-refractivity contribution is -0.144. The number of rotatable bonds is 6. The topological polar surface area (TPSA) is 135 Å². The number of aliphatic hydroxyl groups excluding tert-OH is 1. The van der Waals surface area contributed by atoms with Gasteiger partial charge in [-0.3, -0.25) is 9.59 Å². The highest BCUT2D eigenvalue weighted by Crippen LogP contribution is 2.40. The van der Waals surface area contributed by atoms with Crippen LogP contribution in [0, 0.1) is 5.41 Å². The molecule has 1 saturated carbocycles. The van der Waals surface area contributed by atoms with Crippen molar-refractivity contribution in [1.29, 1.82) is 0 Å². The maximum atomic E-state index is 13.9. The molecule has 0 spiro atoms. The summed E-state index contributed by atoms with van der Waals surface area (Å²) < 4.78 is 7.22. The average molecular weight is 484 g/mol. The fourth-order valence-electron chi connectivity index (χ4n) is 5.09. The SMILES string of the molecule is CC(C)(C)[C@H](C(=O)N1C[C@H](O)C[C@H]1C(=O)NC1(c2ncccn2)CCOC1)n1cc(C2CC2)nn1. The number of hydrogen-bond acceptors (Lipinski definition) is 8. The molecular formula is C24H33N7O4. The highest BCUT2D eigenvalue weighted by molar-refractivity contribution is 5.90. The summed E-state index contributed by atoms with van der Waals surface area (Å²) in [7, 11) is 0. The Labute approximate surface area is 204 Å². The molecule has 3 aliphatic rings. The van der Waals surface area contributed by atoms with E-state index in [-0.39, 0.29) is 31.4 Å². The van der Waals surface area contributed by atoms with Gasteiger partial charge in [0.1, 0.15) is 17.6 Å². The van der Waals surface area contributed by atoms with Gasteiger partial charge >= 0.3 is 0 Å². The first kappa shape index (κ1) is 23.8. The Morgan fingerprint density at radius 3 is 2.63 bits per heavy atom. The Morgan fingerprint density at radius 1 is 1.26 bits per heavy atom. The van der Waals surface area contributed by atoms with Gasteiger partial charge in [-0.15, -0.1) is 5.10 Å². The Kier molecular flexibility index (Phi) is 6.08. The van der Waals surface area contributed by atoms with Crippen LogP contribution in [0.4, 0.5) is 0 Å². The second-order valence-electron chi connectivity index (χ2n) is 11.0. The van der Waals surface area contributed by atoms with Crippen molar-refractivity contribution < 1.29 is 19.4 Å². The zero-order valence-electron chi connectivity index (χ0n) is 20.4. The van der Waals surface area contributed by atoms with Gasteiger partial charge in [0, 0.05) is 50.5 Å². The Bertz CT molecular complexity index is 1070. The molecule has 5 rings (SSSR count). The first-order valence-electron chi connectivity index (χ1n) is 12.3. The number of carbonyl (C=O) groups is 2. The van der Waals surface area contributed by atoms with Crippen LogP contribution in [0.3, 0.4) is 0 Å². The zero-order valence-corrected chi connectivity index (χ0v) is 20.4. The number of carbonyl (C=O) groups excluding carboxylic acids is 2. The number of ether oxygens (including phenoxy) is 1. The van der Waals surface area contributed by atoms with Crippen molar-refractivity contribution in [3.05, 3.63) is 36.2 Å². The van der Waals surface area contributed by atoms with Gasteiger partial charge in [0.15, 0.2) is 5.82 Å². The summed E-state index contributed by atoms with van der Waals surface area (Å²) in [6, 6.07) is 0.229. The van der Waals surface area contributed by atoms with Gasteiger partial charge in [0.05, 0.1) is 18.4 Å². The summed E-state index contributed by atoms with van der Waals surface area (Å²) in [4.78, 5) is 37.7. The third kappa shape index (κ3) is 4.66. The molecule has 4 atom stereocenters. The van der Waals surface area contributed by atoms with Crippen molar-refractivity contribution in [1.82, 2.24) is 35.2 Å². The van der Waals surface area contributed by atoms with E-state index in [4.69, 9.17) is 4.74 Å². The number of hydrogen-bond donors (Lipinski definition) is 2. The number of nitrogens with one attached hydrogen (secondary N) is 1. The van der Waals surface area contributed by atoms with Crippen LogP contribution < -0.4 is 5.32 Å². The van der Waals surface area contributed by atoms with Crippen molar-refractivity contribution in [3.8, 4) is 0 Å². The minimum absolute atomic E-state index is 0.0824. The second kappa shape index (κ2) is 8.94. The molecule has 2 amide bonds. The largest absolute Gasteiger partial charge is 0.391 e. The van der Waals surface area contributed by atoms with E-state index in [1.165, 1.54) is 4.90 Å². The zero-order chi connectivity index (χ0) is 24.8. The van der Waals surface area contributed by atoms with E-state index >= 15 is 0 Å². The van der Waals surface area contributed by atoms with Crippen molar-refractivity contribution in [2.75, 3.05) is 19.8 Å². The van der Waals surface area contributed by atoms with Gasteiger partial charge in [0.25, 0.3) is 0 Å². The highest BCUT2D eigenvalue weighted by Gasteiger charge is 2.48. The standard InChI is InChI=1S/C24H33N7O4/c1-23(2,3)19(31-13-17(28-29-31)15-5-6-15)21(34)30-12-16(32)11-18(30)20(33)27-24(7-10-35-14-24)22-25-8-4-9-26-22/h4,8-9,13,15-16,18-19,32H,5-7,10-12,14H2,1-3H3,(H,27,33)/t16-,18+,19+,24?/m1/s1. The molecule has 2 N–H and O–H groups in total. The van der Waals surface area contributed by atoms with Crippen LogP contribution in [0.25, 0.3) is 0 Å². The summed E-state index contributed by atoms with van der Waals surface area (Å²) in [5, 5.41) is 22.1. The molecule has 11 heteroatoms.